The van der Waals surface area contributed by atoms with E-state index in [4.69, 9.17) is 9.47 Å². The van der Waals surface area contributed by atoms with Crippen LogP contribution >= 0.6 is 0 Å². The molecule has 0 bridgehead atoms. The lowest BCUT2D eigenvalue weighted by Crippen LogP contribution is -2.45. The summed E-state index contributed by atoms with van der Waals surface area (Å²) < 4.78 is 10.8. The number of hydrogen-bond acceptors (Lipinski definition) is 14. The zero-order valence-electron chi connectivity index (χ0n) is 68.0. The summed E-state index contributed by atoms with van der Waals surface area (Å²) in [5, 5.41) is 11.9. The highest BCUT2D eigenvalue weighted by Crippen LogP contribution is 2.34. The van der Waals surface area contributed by atoms with Crippen LogP contribution in [-0.2, 0) is 70.3 Å². The lowest BCUT2D eigenvalue weighted by molar-refractivity contribution is -0.140. The van der Waals surface area contributed by atoms with Crippen molar-refractivity contribution in [1.29, 1.82) is 0 Å². The Balaban J connectivity index is 0.000000341. The summed E-state index contributed by atoms with van der Waals surface area (Å²) >= 11 is 0. The lowest BCUT2D eigenvalue weighted by Gasteiger charge is -2.29. The Morgan fingerprint density at radius 3 is 1.19 bits per heavy atom. The number of unbranched alkanes of at least 4 members (excludes halogenated alkanes) is 2. The molecule has 2 heterocycles. The summed E-state index contributed by atoms with van der Waals surface area (Å²) in [6, 6.07) is 17.4. The summed E-state index contributed by atoms with van der Waals surface area (Å²) in [6.45, 7) is 30.8. The van der Waals surface area contributed by atoms with Gasteiger partial charge in [-0.2, -0.15) is 0 Å². The van der Waals surface area contributed by atoms with Gasteiger partial charge in [0, 0.05) is 94.4 Å². The highest BCUT2D eigenvalue weighted by molar-refractivity contribution is 6.25. The summed E-state index contributed by atoms with van der Waals surface area (Å²) in [6.07, 6.45) is 17.2. The summed E-state index contributed by atoms with van der Waals surface area (Å²) in [5.74, 6) is -2.65. The average Bonchev–Trinajstić information content (AvgIpc) is 1.66. The number of alkyl carbamates (subject to hydrolysis) is 2. The Morgan fingerprint density at radius 1 is 0.459 bits per heavy atom. The third-order valence-corrected chi connectivity index (χ3v) is 21.3. The van der Waals surface area contributed by atoms with Gasteiger partial charge in [0.05, 0.1) is 48.7 Å². The maximum atomic E-state index is 14.4. The Labute approximate surface area is 648 Å². The zero-order valence-corrected chi connectivity index (χ0v) is 68.0. The number of likely N-dealkylation sites (tertiary alicyclic amines) is 2. The Kier molecular flexibility index (Phi) is 35.7. The van der Waals surface area contributed by atoms with Crippen LogP contribution in [-0.4, -0.2) is 142 Å². The van der Waals surface area contributed by atoms with Gasteiger partial charge >= 0.3 is 12.2 Å². The number of ketones is 6. The monoisotopic (exact) mass is 1500 g/mol. The fourth-order valence-corrected chi connectivity index (χ4v) is 14.9. The maximum Gasteiger partial charge on any atom is 0.407 e. The van der Waals surface area contributed by atoms with Gasteiger partial charge in [-0.15, -0.1) is 0 Å². The molecule has 7 rings (SSSR count). The molecule has 0 aromatic heterocycles. The quantitative estimate of drug-likeness (QED) is 0.0275. The van der Waals surface area contributed by atoms with E-state index in [2.05, 4.69) is 49.0 Å². The molecule has 8 atom stereocenters. The number of nitrogens with zero attached hydrogens (tertiary/aromatic N) is 2. The molecule has 2 aliphatic heterocycles. The first-order valence-corrected chi connectivity index (χ1v) is 40.2. The molecular weight excluding hydrogens is 1380 g/mol. The predicted molar refractivity (Wildman–Crippen MR) is 425 cm³/mol. The van der Waals surface area contributed by atoms with Crippen LogP contribution in [0.2, 0.25) is 0 Å². The number of Topliss-reactive ketones (excluding diaryl/α,β-unsaturated/α-hetero) is 6. The highest BCUT2D eigenvalue weighted by atomic mass is 16.6. The fourth-order valence-electron chi connectivity index (χ4n) is 14.9. The molecule has 109 heavy (non-hydrogen) atoms. The molecule has 2 aromatic carbocycles. The molecule has 2 saturated heterocycles. The zero-order chi connectivity index (χ0) is 80.3. The molecule has 0 radical (unpaired) electrons. The Hall–Kier alpha value is -8.68. The smallest absolute Gasteiger partial charge is 0.407 e. The van der Waals surface area contributed by atoms with E-state index in [0.29, 0.717) is 173 Å². The van der Waals surface area contributed by atoms with Crippen LogP contribution < -0.4 is 21.3 Å². The van der Waals surface area contributed by atoms with Crippen LogP contribution in [0.15, 0.2) is 130 Å². The minimum atomic E-state index is -0.638. The van der Waals surface area contributed by atoms with Crippen molar-refractivity contribution in [3.05, 3.63) is 141 Å². The van der Waals surface area contributed by atoms with Gasteiger partial charge in [0.25, 0.3) is 0 Å². The Morgan fingerprint density at radius 2 is 0.835 bits per heavy atom. The van der Waals surface area contributed by atoms with Gasteiger partial charge in [0.1, 0.15) is 0 Å². The molecular formula is C89H126N6O14. The number of nitrogens with one attached hydrogen (secondary N) is 4. The number of carbonyl (C=O) groups is 12. The lowest BCUT2D eigenvalue weighted by atomic mass is 9.83. The third kappa shape index (κ3) is 28.0. The van der Waals surface area contributed by atoms with Crippen molar-refractivity contribution in [1.82, 2.24) is 31.1 Å². The van der Waals surface area contributed by atoms with Crippen molar-refractivity contribution in [2.75, 3.05) is 19.7 Å². The third-order valence-electron chi connectivity index (χ3n) is 21.3. The minimum Gasteiger partial charge on any atom is -0.449 e. The van der Waals surface area contributed by atoms with E-state index in [1.54, 1.807) is 65.2 Å². The van der Waals surface area contributed by atoms with E-state index in [1.807, 2.05) is 113 Å². The molecule has 596 valence electrons. The van der Waals surface area contributed by atoms with Gasteiger partial charge in [0.2, 0.25) is 23.6 Å². The fraction of sp³-hybridized carbons (Fsp3) is 0.596. The molecule has 6 amide bonds. The van der Waals surface area contributed by atoms with Gasteiger partial charge in [-0.1, -0.05) is 126 Å². The van der Waals surface area contributed by atoms with Gasteiger partial charge < -0.3 is 40.5 Å². The number of rotatable bonds is 39. The number of ether oxygens (including phenoxy) is 2. The van der Waals surface area contributed by atoms with E-state index < -0.39 is 47.9 Å². The van der Waals surface area contributed by atoms with Crippen molar-refractivity contribution < 1.29 is 67.0 Å². The normalized spacial score (nSPS) is 18.8. The van der Waals surface area contributed by atoms with Crippen molar-refractivity contribution in [2.24, 2.45) is 41.4 Å². The predicted octanol–water partition coefficient (Wildman–Crippen LogP) is 14.8. The molecule has 2 aromatic rings. The van der Waals surface area contributed by atoms with Gasteiger partial charge in [0.15, 0.2) is 34.7 Å². The van der Waals surface area contributed by atoms with Gasteiger partial charge in [-0.25, -0.2) is 9.59 Å². The van der Waals surface area contributed by atoms with Gasteiger partial charge in [-0.3, -0.25) is 47.9 Å². The largest absolute Gasteiger partial charge is 0.449 e. The first-order chi connectivity index (χ1) is 51.6. The molecule has 0 unspecified atom stereocenters. The number of benzene rings is 2. The van der Waals surface area contributed by atoms with Gasteiger partial charge in [-0.05, 0) is 215 Å². The SMILES string of the molecule is CC1=C(C)C(=O)C(CCCC[C@H](CC(=O)[C@@H]2CCCN2C(=O)[C@H](/C=C/[C@H](CC(C)C)NC(=O)OC(C)C)Cc2ccccc2)C(=O)NC(C)C)=C(C)C1=O.CC1=C(C)C(=O)C(CCCC[C@H](CC(=O)[C@@H]2CCCN2C(=O)[C@H](/C=C/[C@H](CC(C)C)NC(=O)OCC2CC2)Cc2ccccc2)C(=O)NC(C)C)=C(C)C1=O. The van der Waals surface area contributed by atoms with Crippen molar-refractivity contribution in [3.63, 3.8) is 0 Å². The van der Waals surface area contributed by atoms with E-state index in [9.17, 15) is 57.5 Å². The molecule has 5 aliphatic rings. The van der Waals surface area contributed by atoms with Crippen LogP contribution in [0.1, 0.15) is 237 Å². The molecule has 1 saturated carbocycles. The van der Waals surface area contributed by atoms with Crippen LogP contribution in [0.5, 0.6) is 0 Å². The minimum absolute atomic E-state index is 0.00468. The maximum absolute atomic E-state index is 14.4. The molecule has 4 N–H and O–H groups in total. The second kappa shape index (κ2) is 43.6. The first kappa shape index (κ1) is 89.2. The van der Waals surface area contributed by atoms with Crippen LogP contribution in [0, 0.1) is 41.4 Å². The van der Waals surface area contributed by atoms with Crippen LogP contribution in [0.3, 0.4) is 0 Å². The standard InChI is InChI=1S/C45H63N3O7.C44H63N3O7/c1-28(2)24-37(47-45(54)55-27-34-19-20-34)22-21-36(25-33-14-9-8-10-15-33)44(53)48-23-13-18-39(48)40(49)26-35(43(52)46-29(3)4)16-11-12-17-38-32(7)41(50)30(5)31(6)42(38)51;1-27(2)24-36(46-44(53)54-29(5)6)22-21-35(25-33-16-11-10-12-17-33)43(52)47-23-15-20-38(47)39(48)26-34(42(51)45-28(3)4)18-13-14-19-37-32(9)40(49)30(7)31(8)41(37)50/h8-10,14-15,21-22,28-29,34-37,39H,11-13,16-20,23-27H2,1-7H3,(H,46,52)(H,47,54);10-12,16-17,21-22,27-29,34-36,38H,13-15,18-20,23-26H2,1-9H3,(H,45,51)(H,46,53)/b2*22-21+/t35-,36-,37-,39+;34-,35-,36-,38+/m11/s1. The Bertz CT molecular complexity index is 3740. The average molecular weight is 1500 g/mol. The van der Waals surface area contributed by atoms with Crippen molar-refractivity contribution in [2.45, 2.75) is 282 Å². The summed E-state index contributed by atoms with van der Waals surface area (Å²) in [5.41, 5.74) is 5.95. The highest BCUT2D eigenvalue weighted by Gasteiger charge is 2.41. The van der Waals surface area contributed by atoms with E-state index in [1.165, 1.54) is 0 Å². The molecule has 20 nitrogen and oxygen atoms in total. The number of allylic oxidation sites excluding steroid dienone is 8. The topological polar surface area (TPSA) is 278 Å². The van der Waals surface area contributed by atoms with E-state index in [0.717, 1.165) is 24.0 Å². The number of hydrogen-bond donors (Lipinski definition) is 4. The second-order valence-electron chi connectivity index (χ2n) is 32.6. The molecule has 0 spiro atoms. The number of carbonyl (C=O) groups excluding carboxylic acids is 12. The van der Waals surface area contributed by atoms with Crippen LogP contribution in [0.25, 0.3) is 0 Å². The van der Waals surface area contributed by atoms with E-state index >= 15 is 0 Å². The summed E-state index contributed by atoms with van der Waals surface area (Å²) in [4.78, 5) is 164. The number of amides is 6. The molecule has 20 heteroatoms. The molecule has 3 fully saturated rings. The van der Waals surface area contributed by atoms with E-state index in [-0.39, 0.29) is 113 Å². The second-order valence-corrected chi connectivity index (χ2v) is 32.6. The van der Waals surface area contributed by atoms with Crippen molar-refractivity contribution in [3.8, 4) is 0 Å². The summed E-state index contributed by atoms with van der Waals surface area (Å²) in [7, 11) is 0. The van der Waals surface area contributed by atoms with Crippen LogP contribution in [0.4, 0.5) is 9.59 Å². The molecule has 3 aliphatic carbocycles. The van der Waals surface area contributed by atoms with Crippen molar-refractivity contribution >= 4 is 70.5 Å². The first-order valence-electron chi connectivity index (χ1n) is 40.2.